The van der Waals surface area contributed by atoms with Crippen molar-refractivity contribution in [2.75, 3.05) is 55.6 Å². The van der Waals surface area contributed by atoms with Crippen LogP contribution in [0.1, 0.15) is 27.3 Å². The summed E-state index contributed by atoms with van der Waals surface area (Å²) in [4.78, 5) is 27.8. The summed E-state index contributed by atoms with van der Waals surface area (Å²) >= 11 is 3.00. The van der Waals surface area contributed by atoms with E-state index < -0.39 is 0 Å². The molecular weight excluding hydrogens is 579 g/mol. The lowest BCUT2D eigenvalue weighted by molar-refractivity contribution is 0.0988. The number of nitrogens with zero attached hydrogens (tertiary/aromatic N) is 8. The zero-order chi connectivity index (χ0) is 29.8. The van der Waals surface area contributed by atoms with Crippen molar-refractivity contribution in [1.82, 2.24) is 18.6 Å². The van der Waals surface area contributed by atoms with Crippen LogP contribution in [0.3, 0.4) is 0 Å². The summed E-state index contributed by atoms with van der Waals surface area (Å²) in [6.45, 7) is 7.47. The van der Waals surface area contributed by atoms with Crippen molar-refractivity contribution >= 4 is 48.4 Å². The number of fused-ring (bicyclic) bond motifs is 1. The number of rotatable bonds is 7. The molecule has 0 N–H and O–H groups in total. The number of aromatic nitrogens is 2. The second-order valence-electron chi connectivity index (χ2n) is 10.8. The molecule has 1 aromatic heterocycles. The Morgan fingerprint density at radius 3 is 2.51 bits per heavy atom. The zero-order valence-electron chi connectivity index (χ0n) is 24.0. The smallest absolute Gasteiger partial charge is 0.270 e. The lowest BCUT2D eigenvalue weighted by atomic mass is 9.45. The Morgan fingerprint density at radius 2 is 1.74 bits per heavy atom. The first-order valence-electron chi connectivity index (χ1n) is 14.5. The van der Waals surface area contributed by atoms with Crippen molar-refractivity contribution in [3.05, 3.63) is 71.0 Å². The molecule has 0 atom stereocenters. The lowest BCUT2D eigenvalue weighted by Gasteiger charge is -2.34. The molecule has 0 aliphatic carbocycles. The van der Waals surface area contributed by atoms with Crippen LogP contribution < -0.4 is 14.0 Å². The van der Waals surface area contributed by atoms with Gasteiger partial charge in [0.15, 0.2) is 5.75 Å². The third kappa shape index (κ3) is 6.76. The highest BCUT2D eigenvalue weighted by Gasteiger charge is 2.29. The van der Waals surface area contributed by atoms with E-state index in [-0.39, 0.29) is 12.6 Å². The van der Waals surface area contributed by atoms with Crippen LogP contribution in [-0.4, -0.2) is 77.0 Å². The van der Waals surface area contributed by atoms with Gasteiger partial charge in [-0.2, -0.15) is 5.26 Å². The van der Waals surface area contributed by atoms with Gasteiger partial charge in [0.2, 0.25) is 5.95 Å². The van der Waals surface area contributed by atoms with Crippen LogP contribution in [0.15, 0.2) is 53.4 Å². The van der Waals surface area contributed by atoms with Gasteiger partial charge in [0.25, 0.3) is 12.6 Å². The van der Waals surface area contributed by atoms with Crippen molar-refractivity contribution in [3.8, 4) is 17.8 Å². The van der Waals surface area contributed by atoms with Crippen LogP contribution in [0.4, 0.5) is 11.6 Å². The predicted octanol–water partition coefficient (Wildman–Crippen LogP) is 4.50. The molecule has 3 aromatic rings. The molecule has 4 heterocycles. The second kappa shape index (κ2) is 13.3. The van der Waals surface area contributed by atoms with Crippen LogP contribution in [-0.2, 0) is 6.42 Å². The van der Waals surface area contributed by atoms with Gasteiger partial charge in [-0.05, 0) is 79.9 Å². The number of anilines is 2. The summed E-state index contributed by atoms with van der Waals surface area (Å²) in [6, 6.07) is 17.6. The SMILES string of the molecule is Cc1cc(C#N)nc(N2CCN(Sc3ccc4c(c3)CCN4C(=O)c3ccccc3OSN3CCB(C#N)CC3)CC2)n1. The van der Waals surface area contributed by atoms with Gasteiger partial charge in [-0.1, -0.05) is 12.1 Å². The Morgan fingerprint density at radius 1 is 0.953 bits per heavy atom. The molecule has 3 aliphatic heterocycles. The third-order valence-corrected chi connectivity index (χ3v) is 9.81. The maximum absolute atomic E-state index is 13.7. The van der Waals surface area contributed by atoms with Crippen molar-refractivity contribution < 1.29 is 8.98 Å². The van der Waals surface area contributed by atoms with Crippen molar-refractivity contribution in [3.63, 3.8) is 0 Å². The van der Waals surface area contributed by atoms with Crippen LogP contribution in [0.2, 0.25) is 12.6 Å². The van der Waals surface area contributed by atoms with Gasteiger partial charge in [0.1, 0.15) is 24.0 Å². The van der Waals surface area contributed by atoms with Crippen LogP contribution in [0.5, 0.6) is 5.75 Å². The van der Waals surface area contributed by atoms with Gasteiger partial charge >= 0.3 is 0 Å². The summed E-state index contributed by atoms with van der Waals surface area (Å²) in [5, 5.41) is 18.4. The molecule has 2 aromatic carbocycles. The molecule has 3 aliphatic rings. The predicted molar refractivity (Wildman–Crippen MR) is 170 cm³/mol. The molecule has 0 spiro atoms. The van der Waals surface area contributed by atoms with E-state index in [4.69, 9.17) is 9.44 Å². The summed E-state index contributed by atoms with van der Waals surface area (Å²) in [5.74, 6) is 3.47. The first-order valence-corrected chi connectivity index (χ1v) is 15.9. The average Bonchev–Trinajstić information content (AvgIpc) is 3.47. The fourth-order valence-electron chi connectivity index (χ4n) is 5.54. The number of benzene rings is 2. The minimum Gasteiger partial charge on any atom is -0.409 e. The Hall–Kier alpha value is -3.75. The summed E-state index contributed by atoms with van der Waals surface area (Å²) < 4.78 is 10.5. The number of hydrogen-bond donors (Lipinski definition) is 0. The molecule has 218 valence electrons. The zero-order valence-corrected chi connectivity index (χ0v) is 25.6. The number of aryl methyl sites for hydroxylation is 1. The Balaban J connectivity index is 1.06. The quantitative estimate of drug-likeness (QED) is 0.214. The van der Waals surface area contributed by atoms with E-state index in [0.717, 1.165) is 74.6 Å². The molecule has 10 nitrogen and oxygen atoms in total. The highest BCUT2D eigenvalue weighted by Crippen LogP contribution is 2.36. The van der Waals surface area contributed by atoms with Crippen LogP contribution in [0, 0.1) is 29.5 Å². The van der Waals surface area contributed by atoms with Crippen molar-refractivity contribution in [2.45, 2.75) is 30.9 Å². The van der Waals surface area contributed by atoms with Gasteiger partial charge < -0.3 is 14.0 Å². The molecule has 0 radical (unpaired) electrons. The first kappa shape index (κ1) is 29.3. The van der Waals surface area contributed by atoms with Crippen LogP contribution in [0.25, 0.3) is 0 Å². The highest BCUT2D eigenvalue weighted by molar-refractivity contribution is 7.97. The maximum Gasteiger partial charge on any atom is 0.270 e. The summed E-state index contributed by atoms with van der Waals surface area (Å²) in [7, 11) is 0. The number of carbonyl (C=O) groups is 1. The van der Waals surface area contributed by atoms with E-state index in [1.165, 1.54) is 17.8 Å². The van der Waals surface area contributed by atoms with Crippen molar-refractivity contribution in [1.29, 1.82) is 10.5 Å². The molecule has 0 saturated carbocycles. The molecule has 1 amide bonds. The molecule has 13 heteroatoms. The van der Waals surface area contributed by atoms with Gasteiger partial charge in [-0.25, -0.2) is 23.8 Å². The standard InChI is InChI=1S/C30H31BN8O2S2/c1-22-18-24(20-32)35-30(34-22)36-14-16-37(17-15-36)42-25-6-7-27-23(19-25)8-11-39(27)29(40)26-4-2-3-5-28(26)41-43-38-12-9-31(21-33)10-13-38/h2-7,18-19H,8-17H2,1H3. The lowest BCUT2D eigenvalue weighted by Crippen LogP contribution is -2.44. The van der Waals surface area contributed by atoms with E-state index in [1.54, 1.807) is 18.0 Å². The fraction of sp³-hybridized carbons (Fsp3) is 0.367. The topological polar surface area (TPSA) is 113 Å². The van der Waals surface area contributed by atoms with E-state index in [2.05, 4.69) is 53.7 Å². The Kier molecular flexibility index (Phi) is 9.05. The van der Waals surface area contributed by atoms with Gasteiger partial charge in [-0.3, -0.25) is 4.79 Å². The Labute approximate surface area is 261 Å². The van der Waals surface area contributed by atoms with Crippen molar-refractivity contribution in [2.24, 2.45) is 0 Å². The molecule has 2 saturated heterocycles. The highest BCUT2D eigenvalue weighted by atomic mass is 32.2. The molecule has 43 heavy (non-hydrogen) atoms. The molecule has 6 rings (SSSR count). The first-order chi connectivity index (χ1) is 21.0. The second-order valence-corrected chi connectivity index (χ2v) is 12.8. The number of hydrogen-bond acceptors (Lipinski definition) is 11. The Bertz CT molecular complexity index is 1580. The molecule has 2 fully saturated rings. The molecule has 0 bridgehead atoms. The monoisotopic (exact) mass is 610 g/mol. The number of carbonyl (C=O) groups excluding carboxylic acids is 1. The third-order valence-electron chi connectivity index (χ3n) is 7.89. The number of piperazine rings is 1. The van der Waals surface area contributed by atoms with E-state index >= 15 is 0 Å². The summed E-state index contributed by atoms with van der Waals surface area (Å²) in [5.41, 5.74) is 3.86. The van der Waals surface area contributed by atoms with E-state index in [9.17, 15) is 10.1 Å². The molecular formula is C30H31BN8O2S2. The van der Waals surface area contributed by atoms with Gasteiger partial charge in [0.05, 0.1) is 5.56 Å². The summed E-state index contributed by atoms with van der Waals surface area (Å²) in [6.07, 6.45) is 2.47. The van der Waals surface area contributed by atoms with E-state index in [1.807, 2.05) is 36.1 Å². The van der Waals surface area contributed by atoms with Gasteiger partial charge in [-0.15, -0.1) is 0 Å². The normalized spacial score (nSPS) is 17.3. The van der Waals surface area contributed by atoms with E-state index in [0.29, 0.717) is 29.5 Å². The number of para-hydroxylation sites is 1. The fourth-order valence-corrected chi connectivity index (χ4v) is 7.20. The average molecular weight is 611 g/mol. The maximum atomic E-state index is 13.7. The minimum atomic E-state index is -0.0624. The number of nitriles is 2. The largest absolute Gasteiger partial charge is 0.409 e. The van der Waals surface area contributed by atoms with Crippen LogP contribution >= 0.6 is 24.2 Å². The minimum absolute atomic E-state index is 0.0624. The van der Waals surface area contributed by atoms with Gasteiger partial charge in [0, 0.05) is 68.1 Å². The number of amides is 1. The molecule has 0 unspecified atom stereocenters.